The Bertz CT molecular complexity index is 854. The van der Waals surface area contributed by atoms with E-state index in [0.717, 1.165) is 29.6 Å². The van der Waals surface area contributed by atoms with Crippen LogP contribution >= 0.6 is 23.5 Å². The summed E-state index contributed by atoms with van der Waals surface area (Å²) in [6.45, 7) is 3.81. The van der Waals surface area contributed by atoms with Crippen LogP contribution < -0.4 is 10.9 Å². The van der Waals surface area contributed by atoms with Gasteiger partial charge in [0.05, 0.1) is 16.5 Å². The number of alkyl halides is 3. The highest BCUT2D eigenvalue weighted by atomic mass is 32.2. The molecule has 1 unspecified atom stereocenters. The molecule has 152 valence electrons. The number of H-pyrrole nitrogens is 1. The molecule has 0 saturated heterocycles. The van der Waals surface area contributed by atoms with Gasteiger partial charge < -0.3 is 10.3 Å². The molecule has 0 aliphatic rings. The molecule has 0 spiro atoms. The molecule has 0 aliphatic heterocycles. The van der Waals surface area contributed by atoms with E-state index in [4.69, 9.17) is 0 Å². The van der Waals surface area contributed by atoms with Gasteiger partial charge in [-0.25, -0.2) is 4.98 Å². The van der Waals surface area contributed by atoms with Gasteiger partial charge in [0.15, 0.2) is 5.16 Å². The molecular formula is C18H20F3N3O2S2. The first kappa shape index (κ1) is 22.4. The molecule has 2 aromatic rings. The number of carbonyl (C=O) groups excluding carboxylic acids is 1. The molecule has 1 amide bonds. The van der Waals surface area contributed by atoms with E-state index in [2.05, 4.69) is 15.3 Å². The van der Waals surface area contributed by atoms with E-state index in [1.54, 1.807) is 18.7 Å². The highest BCUT2D eigenvalue weighted by molar-refractivity contribution is 8.00. The second-order valence-electron chi connectivity index (χ2n) is 5.76. The molecule has 5 nitrogen and oxygen atoms in total. The standard InChI is InChI=1S/C18H20F3N3O2S2/c1-3-14(28-17-23-13(10-27-4-2)9-15(25)24-17)16(26)22-12-7-5-11(6-8-12)18(19,20)21/h5-9,14H,3-4,10H2,1-2H3,(H,22,26)(H,23,24,25). The van der Waals surface area contributed by atoms with Gasteiger partial charge in [-0.1, -0.05) is 25.6 Å². The zero-order valence-electron chi connectivity index (χ0n) is 15.3. The van der Waals surface area contributed by atoms with Crippen molar-refractivity contribution in [2.75, 3.05) is 11.1 Å². The number of thioether (sulfide) groups is 2. The van der Waals surface area contributed by atoms with Crippen molar-refractivity contribution in [3.05, 3.63) is 51.9 Å². The topological polar surface area (TPSA) is 74.8 Å². The molecule has 28 heavy (non-hydrogen) atoms. The summed E-state index contributed by atoms with van der Waals surface area (Å²) in [5.41, 5.74) is -0.166. The van der Waals surface area contributed by atoms with Gasteiger partial charge in [0, 0.05) is 17.5 Å². The van der Waals surface area contributed by atoms with Crippen molar-refractivity contribution < 1.29 is 18.0 Å². The summed E-state index contributed by atoms with van der Waals surface area (Å²) in [4.78, 5) is 31.3. The van der Waals surface area contributed by atoms with Crippen LogP contribution in [0.5, 0.6) is 0 Å². The lowest BCUT2D eigenvalue weighted by Gasteiger charge is -2.15. The number of nitrogens with zero attached hydrogens (tertiary/aromatic N) is 1. The Balaban J connectivity index is 2.07. The molecule has 10 heteroatoms. The lowest BCUT2D eigenvalue weighted by Crippen LogP contribution is -2.25. The van der Waals surface area contributed by atoms with Crippen LogP contribution in [0.15, 0.2) is 40.3 Å². The molecule has 2 N–H and O–H groups in total. The van der Waals surface area contributed by atoms with Crippen LogP contribution in [0.2, 0.25) is 0 Å². The molecular weight excluding hydrogens is 411 g/mol. The molecule has 0 aliphatic carbocycles. The van der Waals surface area contributed by atoms with E-state index < -0.39 is 17.0 Å². The van der Waals surface area contributed by atoms with Crippen molar-refractivity contribution in [2.24, 2.45) is 0 Å². The van der Waals surface area contributed by atoms with Gasteiger partial charge in [0.25, 0.3) is 5.56 Å². The number of carbonyl (C=O) groups is 1. The zero-order valence-corrected chi connectivity index (χ0v) is 16.9. The first-order chi connectivity index (χ1) is 13.2. The molecule has 0 radical (unpaired) electrons. The van der Waals surface area contributed by atoms with Crippen LogP contribution in [0.25, 0.3) is 0 Å². The minimum absolute atomic E-state index is 0.270. The fourth-order valence-electron chi connectivity index (χ4n) is 2.24. The van der Waals surface area contributed by atoms with Gasteiger partial charge in [-0.3, -0.25) is 9.59 Å². The number of rotatable bonds is 8. The van der Waals surface area contributed by atoms with E-state index in [1.165, 1.54) is 18.2 Å². The SMILES string of the molecule is CCSCc1cc(=O)[nH]c(SC(CC)C(=O)Nc2ccc(C(F)(F)F)cc2)n1. The summed E-state index contributed by atoms with van der Waals surface area (Å²) < 4.78 is 37.9. The fraction of sp³-hybridized carbons (Fsp3) is 0.389. The van der Waals surface area contributed by atoms with Crippen molar-refractivity contribution >= 4 is 35.1 Å². The fourth-order valence-corrected chi connectivity index (χ4v) is 3.73. The van der Waals surface area contributed by atoms with Gasteiger partial charge >= 0.3 is 6.18 Å². The van der Waals surface area contributed by atoms with Crippen LogP contribution in [0.3, 0.4) is 0 Å². The van der Waals surface area contributed by atoms with Crippen LogP contribution in [0.1, 0.15) is 31.5 Å². The third kappa shape index (κ3) is 6.59. The van der Waals surface area contributed by atoms with Crippen LogP contribution in [-0.2, 0) is 16.7 Å². The Morgan fingerprint density at radius 1 is 1.25 bits per heavy atom. The molecule has 1 atom stereocenters. The molecule has 1 aromatic carbocycles. The van der Waals surface area contributed by atoms with Crippen LogP contribution in [0, 0.1) is 0 Å². The van der Waals surface area contributed by atoms with Crippen LogP contribution in [-0.4, -0.2) is 26.9 Å². The van der Waals surface area contributed by atoms with Crippen molar-refractivity contribution in [1.82, 2.24) is 9.97 Å². The highest BCUT2D eigenvalue weighted by Crippen LogP contribution is 2.30. The van der Waals surface area contributed by atoms with E-state index >= 15 is 0 Å². The maximum Gasteiger partial charge on any atom is 0.416 e. The largest absolute Gasteiger partial charge is 0.416 e. The minimum Gasteiger partial charge on any atom is -0.325 e. The zero-order chi connectivity index (χ0) is 20.7. The smallest absolute Gasteiger partial charge is 0.325 e. The summed E-state index contributed by atoms with van der Waals surface area (Å²) >= 11 is 2.75. The molecule has 1 aromatic heterocycles. The number of aromatic nitrogens is 2. The first-order valence-electron chi connectivity index (χ1n) is 8.55. The Hall–Kier alpha value is -1.94. The Kier molecular flexibility index (Phi) is 7.99. The minimum atomic E-state index is -4.43. The van der Waals surface area contributed by atoms with E-state index in [0.29, 0.717) is 23.0 Å². The number of aromatic amines is 1. The maximum absolute atomic E-state index is 12.6. The summed E-state index contributed by atoms with van der Waals surface area (Å²) in [5.74, 6) is 1.12. The summed E-state index contributed by atoms with van der Waals surface area (Å²) in [6.07, 6.45) is -3.97. The van der Waals surface area contributed by atoms with Gasteiger partial charge in [-0.15, -0.1) is 0 Å². The number of nitrogens with one attached hydrogen (secondary N) is 2. The maximum atomic E-state index is 12.6. The second kappa shape index (κ2) is 10.0. The number of halogens is 3. The van der Waals surface area contributed by atoms with Crippen molar-refractivity contribution in [3.63, 3.8) is 0 Å². The quantitative estimate of drug-likeness (QED) is 0.474. The number of anilines is 1. The molecule has 0 saturated carbocycles. The third-order valence-electron chi connectivity index (χ3n) is 3.62. The molecule has 1 heterocycles. The van der Waals surface area contributed by atoms with Gasteiger partial charge in [-0.05, 0) is 36.4 Å². The average molecular weight is 432 g/mol. The third-order valence-corrected chi connectivity index (χ3v) is 5.78. The van der Waals surface area contributed by atoms with Crippen molar-refractivity contribution in [1.29, 1.82) is 0 Å². The van der Waals surface area contributed by atoms with Crippen LogP contribution in [0.4, 0.5) is 18.9 Å². The van der Waals surface area contributed by atoms with E-state index in [9.17, 15) is 22.8 Å². The van der Waals surface area contributed by atoms with Gasteiger partial charge in [-0.2, -0.15) is 24.9 Å². The second-order valence-corrected chi connectivity index (χ2v) is 8.22. The number of hydrogen-bond acceptors (Lipinski definition) is 5. The first-order valence-corrected chi connectivity index (χ1v) is 10.6. The normalized spacial score (nSPS) is 12.6. The van der Waals surface area contributed by atoms with Crippen molar-refractivity contribution in [2.45, 2.75) is 42.6 Å². The van der Waals surface area contributed by atoms with Gasteiger partial charge in [0.1, 0.15) is 0 Å². The number of benzene rings is 1. The Morgan fingerprint density at radius 2 is 1.93 bits per heavy atom. The summed E-state index contributed by atoms with van der Waals surface area (Å²) in [5, 5.41) is 2.39. The number of amides is 1. The summed E-state index contributed by atoms with van der Waals surface area (Å²) in [7, 11) is 0. The molecule has 0 fully saturated rings. The lowest BCUT2D eigenvalue weighted by atomic mass is 10.2. The molecule has 2 rings (SSSR count). The van der Waals surface area contributed by atoms with Crippen molar-refractivity contribution in [3.8, 4) is 0 Å². The lowest BCUT2D eigenvalue weighted by molar-refractivity contribution is -0.137. The Labute approximate surface area is 168 Å². The average Bonchev–Trinajstić information content (AvgIpc) is 2.63. The summed E-state index contributed by atoms with van der Waals surface area (Å²) in [6, 6.07) is 5.67. The monoisotopic (exact) mass is 431 g/mol. The predicted octanol–water partition coefficient (Wildman–Crippen LogP) is 4.55. The predicted molar refractivity (Wildman–Crippen MR) is 107 cm³/mol. The van der Waals surface area contributed by atoms with E-state index in [1.807, 2.05) is 6.92 Å². The molecule has 0 bridgehead atoms. The number of hydrogen-bond donors (Lipinski definition) is 2. The van der Waals surface area contributed by atoms with E-state index in [-0.39, 0.29) is 17.2 Å². The highest BCUT2D eigenvalue weighted by Gasteiger charge is 2.30. The Morgan fingerprint density at radius 3 is 2.50 bits per heavy atom. The van der Waals surface area contributed by atoms with Gasteiger partial charge in [0.2, 0.25) is 5.91 Å².